The smallest absolute Gasteiger partial charge is 0.302 e. The maximum Gasteiger partial charge on any atom is 0.302 e. The van der Waals surface area contributed by atoms with Crippen LogP contribution < -0.4 is 10.7 Å². The van der Waals surface area contributed by atoms with E-state index in [-0.39, 0.29) is 28.2 Å². The maximum absolute atomic E-state index is 12.9. The Bertz CT molecular complexity index is 1160. The van der Waals surface area contributed by atoms with Gasteiger partial charge in [-0.25, -0.2) is 4.39 Å². The molecule has 5 nitrogen and oxygen atoms in total. The van der Waals surface area contributed by atoms with Crippen LogP contribution in [0.25, 0.3) is 22.1 Å². The van der Waals surface area contributed by atoms with Crippen molar-refractivity contribution >= 4 is 28.0 Å². The van der Waals surface area contributed by atoms with Gasteiger partial charge in [0, 0.05) is 12.6 Å². The van der Waals surface area contributed by atoms with Crippen LogP contribution >= 0.6 is 0 Å². The topological polar surface area (TPSA) is 72.5 Å². The maximum atomic E-state index is 12.9. The first-order valence-corrected chi connectivity index (χ1v) is 8.10. The number of nitrogens with one attached hydrogen (secondary N) is 1. The summed E-state index contributed by atoms with van der Waals surface area (Å²) in [7, 11) is 0. The number of carbonyl (C=O) groups excluding carboxylic acids is 1. The Hall–Kier alpha value is -3.41. The van der Waals surface area contributed by atoms with Crippen LogP contribution in [-0.2, 0) is 6.42 Å². The summed E-state index contributed by atoms with van der Waals surface area (Å²) in [5.41, 5.74) is 1.07. The van der Waals surface area contributed by atoms with Crippen molar-refractivity contribution in [1.82, 2.24) is 5.32 Å². The number of furan rings is 1. The first-order chi connectivity index (χ1) is 12.6. The Morgan fingerprint density at radius 2 is 1.77 bits per heavy atom. The zero-order chi connectivity index (χ0) is 18.1. The molecule has 0 aliphatic carbocycles. The SMILES string of the molecule is O=C(NCCc1ccc(F)cc1)c1cc2c(=O)c3ccccc3oc2o1. The number of carbonyl (C=O) groups is 1. The Morgan fingerprint density at radius 3 is 2.58 bits per heavy atom. The molecular weight excluding hydrogens is 337 g/mol. The second-order valence-electron chi connectivity index (χ2n) is 5.87. The van der Waals surface area contributed by atoms with E-state index in [1.807, 2.05) is 0 Å². The molecule has 0 radical (unpaired) electrons. The zero-order valence-corrected chi connectivity index (χ0v) is 13.6. The number of hydrogen-bond donors (Lipinski definition) is 1. The minimum Gasteiger partial charge on any atom is -0.425 e. The van der Waals surface area contributed by atoms with Crippen molar-refractivity contribution in [3.05, 3.63) is 82.0 Å². The highest BCUT2D eigenvalue weighted by atomic mass is 19.1. The monoisotopic (exact) mass is 351 g/mol. The lowest BCUT2D eigenvalue weighted by molar-refractivity contribution is 0.0927. The molecular formula is C20H14FNO4. The van der Waals surface area contributed by atoms with E-state index in [4.69, 9.17) is 8.83 Å². The quantitative estimate of drug-likeness (QED) is 0.609. The summed E-state index contributed by atoms with van der Waals surface area (Å²) in [5, 5.41) is 3.38. The molecule has 0 bridgehead atoms. The number of rotatable bonds is 4. The van der Waals surface area contributed by atoms with Crippen molar-refractivity contribution in [2.45, 2.75) is 6.42 Å². The summed E-state index contributed by atoms with van der Waals surface area (Å²) in [4.78, 5) is 24.7. The van der Waals surface area contributed by atoms with Gasteiger partial charge in [0.15, 0.2) is 5.76 Å². The van der Waals surface area contributed by atoms with E-state index in [2.05, 4.69) is 5.32 Å². The van der Waals surface area contributed by atoms with E-state index in [0.717, 1.165) is 5.56 Å². The van der Waals surface area contributed by atoms with Crippen LogP contribution in [0.2, 0.25) is 0 Å². The van der Waals surface area contributed by atoms with E-state index in [1.165, 1.54) is 18.2 Å². The fourth-order valence-electron chi connectivity index (χ4n) is 2.77. The highest BCUT2D eigenvalue weighted by Crippen LogP contribution is 2.21. The highest BCUT2D eigenvalue weighted by Gasteiger charge is 2.17. The van der Waals surface area contributed by atoms with Gasteiger partial charge in [-0.15, -0.1) is 0 Å². The van der Waals surface area contributed by atoms with Gasteiger partial charge in [-0.1, -0.05) is 24.3 Å². The summed E-state index contributed by atoms with van der Waals surface area (Å²) in [5.74, 6) is -0.709. The molecule has 0 atom stereocenters. The molecule has 4 rings (SSSR count). The second kappa shape index (κ2) is 6.48. The Labute approximate surface area is 147 Å². The van der Waals surface area contributed by atoms with Gasteiger partial charge in [0.25, 0.3) is 5.91 Å². The van der Waals surface area contributed by atoms with Gasteiger partial charge in [-0.3, -0.25) is 9.59 Å². The molecule has 2 aromatic carbocycles. The molecule has 1 N–H and O–H groups in total. The van der Waals surface area contributed by atoms with Gasteiger partial charge in [-0.2, -0.15) is 0 Å². The number of amides is 1. The lowest BCUT2D eigenvalue weighted by atomic mass is 10.1. The third-order valence-electron chi connectivity index (χ3n) is 4.11. The first-order valence-electron chi connectivity index (χ1n) is 8.10. The molecule has 1 amide bonds. The molecule has 0 unspecified atom stereocenters. The van der Waals surface area contributed by atoms with Crippen molar-refractivity contribution in [2.75, 3.05) is 6.54 Å². The number of halogens is 1. The minimum absolute atomic E-state index is 0.00950. The Balaban J connectivity index is 1.53. The predicted octanol–water partition coefficient (Wildman–Crippen LogP) is 3.65. The van der Waals surface area contributed by atoms with Crippen molar-refractivity contribution in [2.24, 2.45) is 0 Å². The van der Waals surface area contributed by atoms with Gasteiger partial charge < -0.3 is 14.2 Å². The zero-order valence-electron chi connectivity index (χ0n) is 13.6. The molecule has 0 aliphatic rings. The lowest BCUT2D eigenvalue weighted by Gasteiger charge is -2.03. The van der Waals surface area contributed by atoms with E-state index in [1.54, 1.807) is 36.4 Å². The van der Waals surface area contributed by atoms with Gasteiger partial charge in [0.2, 0.25) is 5.43 Å². The largest absolute Gasteiger partial charge is 0.425 e. The standard InChI is InChI=1S/C20H14FNO4/c21-13-7-5-12(6-8-13)9-10-22-19(24)17-11-15-18(23)14-3-1-2-4-16(14)25-20(15)26-17/h1-8,11H,9-10H2,(H,22,24). The normalized spacial score (nSPS) is 11.1. The third kappa shape index (κ3) is 2.97. The molecule has 2 aromatic heterocycles. The average Bonchev–Trinajstić information content (AvgIpc) is 3.08. The molecule has 0 aliphatic heterocycles. The van der Waals surface area contributed by atoms with Crippen molar-refractivity contribution in [3.8, 4) is 0 Å². The van der Waals surface area contributed by atoms with Gasteiger partial charge in [-0.05, 0) is 36.2 Å². The summed E-state index contributed by atoms with van der Waals surface area (Å²) in [6, 6.07) is 14.3. The summed E-state index contributed by atoms with van der Waals surface area (Å²) in [6.07, 6.45) is 0.549. The molecule has 0 fully saturated rings. The van der Waals surface area contributed by atoms with Crippen LogP contribution in [0, 0.1) is 5.82 Å². The third-order valence-corrected chi connectivity index (χ3v) is 4.11. The predicted molar refractivity (Wildman–Crippen MR) is 94.7 cm³/mol. The molecule has 0 saturated carbocycles. The average molecular weight is 351 g/mol. The Morgan fingerprint density at radius 1 is 1.00 bits per heavy atom. The van der Waals surface area contributed by atoms with Crippen LogP contribution in [0.4, 0.5) is 4.39 Å². The molecule has 0 spiro atoms. The van der Waals surface area contributed by atoms with E-state index in [0.29, 0.717) is 23.9 Å². The number of benzene rings is 2. The fraction of sp³-hybridized carbons (Fsp3) is 0.100. The van der Waals surface area contributed by atoms with Crippen LogP contribution in [0.1, 0.15) is 16.1 Å². The second-order valence-corrected chi connectivity index (χ2v) is 5.87. The molecule has 26 heavy (non-hydrogen) atoms. The summed E-state index contributed by atoms with van der Waals surface area (Å²) in [6.45, 7) is 0.352. The number of para-hydroxylation sites is 1. The summed E-state index contributed by atoms with van der Waals surface area (Å²) < 4.78 is 23.8. The fourth-order valence-corrected chi connectivity index (χ4v) is 2.77. The molecule has 6 heteroatoms. The van der Waals surface area contributed by atoms with Crippen molar-refractivity contribution in [3.63, 3.8) is 0 Å². The summed E-state index contributed by atoms with van der Waals surface area (Å²) >= 11 is 0. The first kappa shape index (κ1) is 16.1. The molecule has 4 aromatic rings. The van der Waals surface area contributed by atoms with E-state index in [9.17, 15) is 14.0 Å². The Kier molecular flexibility index (Phi) is 4.01. The van der Waals surface area contributed by atoms with Crippen LogP contribution in [0.5, 0.6) is 0 Å². The van der Waals surface area contributed by atoms with E-state index < -0.39 is 5.91 Å². The van der Waals surface area contributed by atoms with Gasteiger partial charge >= 0.3 is 5.78 Å². The van der Waals surface area contributed by atoms with Crippen molar-refractivity contribution in [1.29, 1.82) is 0 Å². The van der Waals surface area contributed by atoms with Crippen LogP contribution in [0.15, 0.2) is 68.2 Å². The van der Waals surface area contributed by atoms with Gasteiger partial charge in [0.1, 0.15) is 16.8 Å². The number of hydrogen-bond acceptors (Lipinski definition) is 4. The molecule has 2 heterocycles. The molecule has 0 saturated heterocycles. The van der Waals surface area contributed by atoms with Crippen LogP contribution in [-0.4, -0.2) is 12.5 Å². The van der Waals surface area contributed by atoms with Crippen molar-refractivity contribution < 1.29 is 18.0 Å². The minimum atomic E-state index is -0.443. The van der Waals surface area contributed by atoms with Gasteiger partial charge in [0.05, 0.1) is 5.39 Å². The lowest BCUT2D eigenvalue weighted by Crippen LogP contribution is -2.25. The number of fused-ring (bicyclic) bond motifs is 2. The molecule has 130 valence electrons. The highest BCUT2D eigenvalue weighted by molar-refractivity contribution is 5.97. The van der Waals surface area contributed by atoms with E-state index >= 15 is 0 Å². The van der Waals surface area contributed by atoms with Crippen LogP contribution in [0.3, 0.4) is 0 Å².